The Bertz CT molecular complexity index is 330. The molecule has 0 bridgehead atoms. The second-order valence-corrected chi connectivity index (χ2v) is 5.74. The summed E-state index contributed by atoms with van der Waals surface area (Å²) in [6.07, 6.45) is 8.01. The standard InChI is InChI=1S/C15H29N3/c1-6-18-11-15(10-16-18)14(5)17-13(4)9-7-8-12(2)3/h10-14,17H,6-9H2,1-5H3. The van der Waals surface area contributed by atoms with Gasteiger partial charge in [0, 0.05) is 30.4 Å². The van der Waals surface area contributed by atoms with E-state index in [1.165, 1.54) is 24.8 Å². The van der Waals surface area contributed by atoms with Gasteiger partial charge >= 0.3 is 0 Å². The van der Waals surface area contributed by atoms with E-state index in [-0.39, 0.29) is 0 Å². The fourth-order valence-corrected chi connectivity index (χ4v) is 2.21. The molecule has 0 radical (unpaired) electrons. The van der Waals surface area contributed by atoms with Crippen molar-refractivity contribution in [3.63, 3.8) is 0 Å². The molecule has 1 aromatic rings. The van der Waals surface area contributed by atoms with Crippen LogP contribution in [0.5, 0.6) is 0 Å². The zero-order chi connectivity index (χ0) is 13.5. The topological polar surface area (TPSA) is 29.9 Å². The van der Waals surface area contributed by atoms with Gasteiger partial charge in [0.25, 0.3) is 0 Å². The molecule has 0 aliphatic rings. The van der Waals surface area contributed by atoms with Gasteiger partial charge in [-0.05, 0) is 33.1 Å². The average molecular weight is 251 g/mol. The third-order valence-electron chi connectivity index (χ3n) is 3.43. The van der Waals surface area contributed by atoms with Crippen molar-refractivity contribution in [2.75, 3.05) is 0 Å². The molecular formula is C15H29N3. The number of hydrogen-bond acceptors (Lipinski definition) is 2. The van der Waals surface area contributed by atoms with Crippen molar-refractivity contribution in [3.05, 3.63) is 18.0 Å². The molecule has 0 aliphatic carbocycles. The van der Waals surface area contributed by atoms with Crippen LogP contribution in [0.15, 0.2) is 12.4 Å². The average Bonchev–Trinajstić information content (AvgIpc) is 2.76. The molecule has 3 nitrogen and oxygen atoms in total. The Hall–Kier alpha value is -0.830. The van der Waals surface area contributed by atoms with Crippen LogP contribution < -0.4 is 5.32 Å². The van der Waals surface area contributed by atoms with E-state index in [2.05, 4.69) is 51.2 Å². The quantitative estimate of drug-likeness (QED) is 0.762. The SMILES string of the molecule is CCn1cc(C(C)NC(C)CCCC(C)C)cn1. The number of rotatable bonds is 8. The predicted molar refractivity (Wildman–Crippen MR) is 77.6 cm³/mol. The number of aromatic nitrogens is 2. The fraction of sp³-hybridized carbons (Fsp3) is 0.800. The van der Waals surface area contributed by atoms with E-state index in [9.17, 15) is 0 Å². The van der Waals surface area contributed by atoms with Gasteiger partial charge in [-0.3, -0.25) is 4.68 Å². The van der Waals surface area contributed by atoms with Crippen molar-refractivity contribution >= 4 is 0 Å². The van der Waals surface area contributed by atoms with Gasteiger partial charge in [0.15, 0.2) is 0 Å². The Morgan fingerprint density at radius 2 is 1.94 bits per heavy atom. The summed E-state index contributed by atoms with van der Waals surface area (Å²) >= 11 is 0. The highest BCUT2D eigenvalue weighted by Crippen LogP contribution is 2.14. The Labute approximate surface area is 112 Å². The largest absolute Gasteiger partial charge is 0.308 e. The summed E-state index contributed by atoms with van der Waals surface area (Å²) in [5, 5.41) is 7.98. The Morgan fingerprint density at radius 3 is 2.50 bits per heavy atom. The number of hydrogen-bond donors (Lipinski definition) is 1. The van der Waals surface area contributed by atoms with Crippen molar-refractivity contribution < 1.29 is 0 Å². The highest BCUT2D eigenvalue weighted by molar-refractivity contribution is 5.09. The van der Waals surface area contributed by atoms with Gasteiger partial charge in [-0.15, -0.1) is 0 Å². The van der Waals surface area contributed by atoms with Gasteiger partial charge in [0.2, 0.25) is 0 Å². The summed E-state index contributed by atoms with van der Waals surface area (Å²) in [5.74, 6) is 0.817. The van der Waals surface area contributed by atoms with Crippen LogP contribution in [0.4, 0.5) is 0 Å². The molecule has 1 heterocycles. The monoisotopic (exact) mass is 251 g/mol. The molecule has 0 aromatic carbocycles. The smallest absolute Gasteiger partial charge is 0.0537 e. The lowest BCUT2D eigenvalue weighted by Gasteiger charge is -2.19. The van der Waals surface area contributed by atoms with Crippen molar-refractivity contribution in [2.45, 2.75) is 72.5 Å². The molecule has 0 amide bonds. The first-order valence-corrected chi connectivity index (χ1v) is 7.31. The highest BCUT2D eigenvalue weighted by Gasteiger charge is 2.11. The molecule has 18 heavy (non-hydrogen) atoms. The van der Waals surface area contributed by atoms with E-state index in [0.717, 1.165) is 12.5 Å². The first-order valence-electron chi connectivity index (χ1n) is 7.31. The summed E-state index contributed by atoms with van der Waals surface area (Å²) in [4.78, 5) is 0. The van der Waals surface area contributed by atoms with Crippen LogP contribution in [0, 0.1) is 5.92 Å². The third-order valence-corrected chi connectivity index (χ3v) is 3.43. The van der Waals surface area contributed by atoms with Crippen LogP contribution in [0.2, 0.25) is 0 Å². The summed E-state index contributed by atoms with van der Waals surface area (Å²) in [7, 11) is 0. The van der Waals surface area contributed by atoms with Crippen LogP contribution >= 0.6 is 0 Å². The third kappa shape index (κ3) is 5.21. The number of nitrogens with one attached hydrogen (secondary N) is 1. The van der Waals surface area contributed by atoms with Gasteiger partial charge in [0.1, 0.15) is 0 Å². The van der Waals surface area contributed by atoms with E-state index in [1.54, 1.807) is 0 Å². The zero-order valence-corrected chi connectivity index (χ0v) is 12.6. The highest BCUT2D eigenvalue weighted by atomic mass is 15.3. The lowest BCUT2D eigenvalue weighted by Crippen LogP contribution is -2.28. The van der Waals surface area contributed by atoms with Gasteiger partial charge in [0.05, 0.1) is 6.20 Å². The first kappa shape index (κ1) is 15.2. The van der Waals surface area contributed by atoms with Crippen molar-refractivity contribution in [1.82, 2.24) is 15.1 Å². The van der Waals surface area contributed by atoms with Crippen LogP contribution in [0.25, 0.3) is 0 Å². The molecule has 3 heteroatoms. The van der Waals surface area contributed by atoms with Crippen molar-refractivity contribution in [1.29, 1.82) is 0 Å². The Balaban J connectivity index is 2.32. The summed E-state index contributed by atoms with van der Waals surface area (Å²) < 4.78 is 1.98. The lowest BCUT2D eigenvalue weighted by atomic mass is 10.0. The molecule has 1 aromatic heterocycles. The molecule has 2 unspecified atom stereocenters. The van der Waals surface area contributed by atoms with E-state index in [4.69, 9.17) is 0 Å². The summed E-state index contributed by atoms with van der Waals surface area (Å²) in [6, 6.07) is 0.961. The maximum absolute atomic E-state index is 4.33. The Kier molecular flexibility index (Phi) is 6.41. The minimum absolute atomic E-state index is 0.388. The van der Waals surface area contributed by atoms with Crippen molar-refractivity contribution in [3.8, 4) is 0 Å². The molecule has 1 rings (SSSR count). The minimum atomic E-state index is 0.388. The van der Waals surface area contributed by atoms with Gasteiger partial charge in [-0.1, -0.05) is 26.7 Å². The number of aryl methyl sites for hydroxylation is 1. The molecule has 0 saturated heterocycles. The second kappa shape index (κ2) is 7.57. The van der Waals surface area contributed by atoms with Crippen LogP contribution in [0.3, 0.4) is 0 Å². The maximum Gasteiger partial charge on any atom is 0.0537 e. The molecule has 0 aliphatic heterocycles. The maximum atomic E-state index is 4.33. The van der Waals surface area contributed by atoms with Gasteiger partial charge in [-0.2, -0.15) is 5.10 Å². The van der Waals surface area contributed by atoms with Crippen LogP contribution in [0.1, 0.15) is 65.5 Å². The first-order chi connectivity index (χ1) is 8.52. The molecule has 0 saturated carbocycles. The summed E-state index contributed by atoms with van der Waals surface area (Å²) in [6.45, 7) is 12.1. The predicted octanol–water partition coefficient (Wildman–Crippen LogP) is 3.77. The van der Waals surface area contributed by atoms with E-state index in [1.807, 2.05) is 10.9 Å². The van der Waals surface area contributed by atoms with E-state index in [0.29, 0.717) is 12.1 Å². The van der Waals surface area contributed by atoms with Crippen LogP contribution in [-0.2, 0) is 6.54 Å². The Morgan fingerprint density at radius 1 is 1.22 bits per heavy atom. The zero-order valence-electron chi connectivity index (χ0n) is 12.6. The molecule has 104 valence electrons. The van der Waals surface area contributed by atoms with Crippen LogP contribution in [-0.4, -0.2) is 15.8 Å². The van der Waals surface area contributed by atoms with E-state index >= 15 is 0 Å². The fourth-order valence-electron chi connectivity index (χ4n) is 2.21. The molecule has 0 spiro atoms. The molecular weight excluding hydrogens is 222 g/mol. The second-order valence-electron chi connectivity index (χ2n) is 5.74. The lowest BCUT2D eigenvalue weighted by molar-refractivity contribution is 0.423. The molecule has 0 fully saturated rings. The molecule has 2 atom stereocenters. The summed E-state index contributed by atoms with van der Waals surface area (Å²) in [5.41, 5.74) is 1.28. The van der Waals surface area contributed by atoms with Gasteiger partial charge < -0.3 is 5.32 Å². The van der Waals surface area contributed by atoms with E-state index < -0.39 is 0 Å². The molecule has 1 N–H and O–H groups in total. The van der Waals surface area contributed by atoms with Gasteiger partial charge in [-0.25, -0.2) is 0 Å². The number of nitrogens with zero attached hydrogens (tertiary/aromatic N) is 2. The van der Waals surface area contributed by atoms with Crippen molar-refractivity contribution in [2.24, 2.45) is 5.92 Å². The minimum Gasteiger partial charge on any atom is -0.308 e. The normalized spacial score (nSPS) is 15.0.